The molecule has 0 amide bonds. The van der Waals surface area contributed by atoms with E-state index in [0.29, 0.717) is 17.5 Å². The molecule has 0 unspecified atom stereocenters. The van der Waals surface area contributed by atoms with Crippen molar-refractivity contribution in [2.75, 3.05) is 0 Å². The number of hydrogen-bond acceptors (Lipinski definition) is 3. The van der Waals surface area contributed by atoms with Crippen LogP contribution < -0.4 is 0 Å². The van der Waals surface area contributed by atoms with Crippen LogP contribution in [0.25, 0.3) is 67.5 Å². The molecule has 0 aliphatic heterocycles. The van der Waals surface area contributed by atoms with E-state index in [1.165, 1.54) is 50.1 Å². The number of nitrogens with zero attached hydrogens (tertiary/aromatic N) is 3. The first-order valence-corrected chi connectivity index (χ1v) is 15.3. The summed E-state index contributed by atoms with van der Waals surface area (Å²) in [6.45, 7) is 6.42. The van der Waals surface area contributed by atoms with Gasteiger partial charge in [0.2, 0.25) is 0 Å². The lowest BCUT2D eigenvalue weighted by Crippen LogP contribution is -2.00. The van der Waals surface area contributed by atoms with Crippen LogP contribution in [-0.2, 0) is 0 Å². The molecule has 0 N–H and O–H groups in total. The molecular formula is C42H33N3. The fourth-order valence-electron chi connectivity index (χ4n) is 5.85. The van der Waals surface area contributed by atoms with Crippen molar-refractivity contribution in [3.05, 3.63) is 162 Å². The molecular weight excluding hydrogens is 546 g/mol. The van der Waals surface area contributed by atoms with Crippen molar-refractivity contribution in [2.24, 2.45) is 0 Å². The maximum atomic E-state index is 4.99. The lowest BCUT2D eigenvalue weighted by Gasteiger charge is -2.11. The second-order valence-corrected chi connectivity index (χ2v) is 11.5. The van der Waals surface area contributed by atoms with Crippen LogP contribution in [-0.4, -0.2) is 15.0 Å². The van der Waals surface area contributed by atoms with Crippen LogP contribution >= 0.6 is 0 Å². The van der Waals surface area contributed by atoms with Gasteiger partial charge in [0.25, 0.3) is 0 Å². The van der Waals surface area contributed by atoms with Crippen LogP contribution in [0.2, 0.25) is 0 Å². The summed E-state index contributed by atoms with van der Waals surface area (Å²) in [7, 11) is 0. The number of rotatable bonds is 6. The zero-order chi connectivity index (χ0) is 30.8. The van der Waals surface area contributed by atoms with Gasteiger partial charge in [-0.3, -0.25) is 0 Å². The molecule has 6 aromatic carbocycles. The molecule has 7 rings (SSSR count). The van der Waals surface area contributed by atoms with Crippen molar-refractivity contribution >= 4 is 0 Å². The van der Waals surface area contributed by atoms with Crippen molar-refractivity contribution in [1.29, 1.82) is 0 Å². The first kappa shape index (κ1) is 28.1. The van der Waals surface area contributed by atoms with E-state index in [9.17, 15) is 0 Å². The minimum atomic E-state index is 0.650. The molecule has 1 heterocycles. The average Bonchev–Trinajstić information content (AvgIpc) is 3.09. The highest BCUT2D eigenvalue weighted by molar-refractivity contribution is 5.75. The Labute approximate surface area is 265 Å². The minimum absolute atomic E-state index is 0.650. The quantitative estimate of drug-likeness (QED) is 0.197. The summed E-state index contributed by atoms with van der Waals surface area (Å²) >= 11 is 0. The zero-order valence-corrected chi connectivity index (χ0v) is 25.7. The van der Waals surface area contributed by atoms with Crippen LogP contribution in [0.5, 0.6) is 0 Å². The van der Waals surface area contributed by atoms with Crippen molar-refractivity contribution in [1.82, 2.24) is 15.0 Å². The van der Waals surface area contributed by atoms with Crippen LogP contribution in [0, 0.1) is 20.8 Å². The van der Waals surface area contributed by atoms with E-state index < -0.39 is 0 Å². The summed E-state index contributed by atoms with van der Waals surface area (Å²) in [5, 5.41) is 0. The Morgan fingerprint density at radius 3 is 0.733 bits per heavy atom. The van der Waals surface area contributed by atoms with E-state index in [1.807, 2.05) is 0 Å². The van der Waals surface area contributed by atoms with E-state index in [-0.39, 0.29) is 0 Å². The average molecular weight is 580 g/mol. The van der Waals surface area contributed by atoms with Gasteiger partial charge >= 0.3 is 0 Å². The molecule has 0 spiro atoms. The summed E-state index contributed by atoms with van der Waals surface area (Å²) in [5.41, 5.74) is 13.8. The van der Waals surface area contributed by atoms with Gasteiger partial charge in [-0.15, -0.1) is 0 Å². The van der Waals surface area contributed by atoms with Gasteiger partial charge < -0.3 is 0 Å². The molecule has 0 radical (unpaired) electrons. The first-order valence-electron chi connectivity index (χ1n) is 15.3. The standard InChI is InChI=1S/C42H33N3/c1-28-10-4-7-13-37(28)31-16-22-34(23-17-31)40-43-41(35-24-18-32(19-25-35)38-14-8-5-11-29(38)2)45-42(44-40)36-26-20-33(21-27-36)39-15-9-6-12-30(39)3/h4-27H,1-3H3. The Balaban J connectivity index is 1.30. The van der Waals surface area contributed by atoms with Crippen LogP contribution in [0.1, 0.15) is 16.7 Å². The van der Waals surface area contributed by atoms with E-state index in [0.717, 1.165) is 16.7 Å². The Kier molecular flexibility index (Phi) is 7.59. The fraction of sp³-hybridized carbons (Fsp3) is 0.0714. The van der Waals surface area contributed by atoms with Gasteiger partial charge in [-0.05, 0) is 70.8 Å². The fourth-order valence-corrected chi connectivity index (χ4v) is 5.85. The van der Waals surface area contributed by atoms with Gasteiger partial charge in [0.05, 0.1) is 0 Å². The van der Waals surface area contributed by atoms with Crippen molar-refractivity contribution in [3.8, 4) is 67.5 Å². The minimum Gasteiger partial charge on any atom is -0.208 e. The largest absolute Gasteiger partial charge is 0.208 e. The smallest absolute Gasteiger partial charge is 0.164 e. The van der Waals surface area contributed by atoms with E-state index >= 15 is 0 Å². The second-order valence-electron chi connectivity index (χ2n) is 11.5. The molecule has 0 saturated carbocycles. The highest BCUT2D eigenvalue weighted by atomic mass is 15.0. The van der Waals surface area contributed by atoms with Gasteiger partial charge in [-0.2, -0.15) is 0 Å². The third-order valence-corrected chi connectivity index (χ3v) is 8.43. The van der Waals surface area contributed by atoms with E-state index in [2.05, 4.69) is 166 Å². The third-order valence-electron chi connectivity index (χ3n) is 8.43. The Morgan fingerprint density at radius 1 is 0.267 bits per heavy atom. The van der Waals surface area contributed by atoms with Crippen LogP contribution in [0.15, 0.2) is 146 Å². The molecule has 0 saturated heterocycles. The lowest BCUT2D eigenvalue weighted by atomic mass is 9.99. The number of aryl methyl sites for hydroxylation is 3. The van der Waals surface area contributed by atoms with Crippen LogP contribution in [0.3, 0.4) is 0 Å². The van der Waals surface area contributed by atoms with Crippen LogP contribution in [0.4, 0.5) is 0 Å². The van der Waals surface area contributed by atoms with E-state index in [1.54, 1.807) is 0 Å². The predicted molar refractivity (Wildman–Crippen MR) is 187 cm³/mol. The Hall–Kier alpha value is -5.67. The summed E-state index contributed by atoms with van der Waals surface area (Å²) in [6, 6.07) is 50.9. The number of aromatic nitrogens is 3. The molecule has 0 bridgehead atoms. The molecule has 0 atom stereocenters. The maximum Gasteiger partial charge on any atom is 0.164 e. The third kappa shape index (κ3) is 5.81. The predicted octanol–water partition coefficient (Wildman–Crippen LogP) is 10.8. The molecule has 3 heteroatoms. The summed E-state index contributed by atoms with van der Waals surface area (Å²) in [4.78, 5) is 15.0. The Bertz CT molecular complexity index is 1850. The number of benzene rings is 6. The zero-order valence-electron chi connectivity index (χ0n) is 25.7. The highest BCUT2D eigenvalue weighted by Crippen LogP contribution is 2.31. The molecule has 216 valence electrons. The second kappa shape index (κ2) is 12.1. The van der Waals surface area contributed by atoms with E-state index in [4.69, 9.17) is 15.0 Å². The summed E-state index contributed by atoms with van der Waals surface area (Å²) < 4.78 is 0. The normalized spacial score (nSPS) is 11.0. The summed E-state index contributed by atoms with van der Waals surface area (Å²) in [6.07, 6.45) is 0. The van der Waals surface area contributed by atoms with Gasteiger partial charge in [0.1, 0.15) is 0 Å². The van der Waals surface area contributed by atoms with Crippen molar-refractivity contribution in [2.45, 2.75) is 20.8 Å². The molecule has 7 aromatic rings. The molecule has 1 aromatic heterocycles. The monoisotopic (exact) mass is 579 g/mol. The van der Waals surface area contributed by atoms with Gasteiger partial charge in [0, 0.05) is 16.7 Å². The lowest BCUT2D eigenvalue weighted by molar-refractivity contribution is 1.07. The van der Waals surface area contributed by atoms with Crippen molar-refractivity contribution < 1.29 is 0 Å². The topological polar surface area (TPSA) is 38.7 Å². The highest BCUT2D eigenvalue weighted by Gasteiger charge is 2.14. The SMILES string of the molecule is Cc1ccccc1-c1ccc(-c2nc(-c3ccc(-c4ccccc4C)cc3)nc(-c3ccc(-c4ccccc4C)cc3)n2)cc1. The molecule has 3 nitrogen and oxygen atoms in total. The van der Waals surface area contributed by atoms with Crippen molar-refractivity contribution in [3.63, 3.8) is 0 Å². The summed E-state index contributed by atoms with van der Waals surface area (Å²) in [5.74, 6) is 1.95. The van der Waals surface area contributed by atoms with Gasteiger partial charge in [0.15, 0.2) is 17.5 Å². The molecule has 0 fully saturated rings. The van der Waals surface area contributed by atoms with Gasteiger partial charge in [-0.1, -0.05) is 146 Å². The van der Waals surface area contributed by atoms with Gasteiger partial charge in [-0.25, -0.2) is 15.0 Å². The maximum absolute atomic E-state index is 4.99. The number of hydrogen-bond donors (Lipinski definition) is 0. The Morgan fingerprint density at radius 2 is 0.489 bits per heavy atom. The molecule has 45 heavy (non-hydrogen) atoms. The molecule has 0 aliphatic carbocycles. The molecule has 0 aliphatic rings. The first-order chi connectivity index (χ1) is 22.0.